The molecule has 0 spiro atoms. The first-order valence-electron chi connectivity index (χ1n) is 6.78. The summed E-state index contributed by atoms with van der Waals surface area (Å²) < 4.78 is 5.60. The number of nitrogens with one attached hydrogen (secondary N) is 1. The summed E-state index contributed by atoms with van der Waals surface area (Å²) in [5, 5.41) is 3.51. The molecule has 102 valence electrons. The lowest BCUT2D eigenvalue weighted by Crippen LogP contribution is -2.31. The Morgan fingerprint density at radius 2 is 1.83 bits per heavy atom. The van der Waals surface area contributed by atoms with Gasteiger partial charge in [0.25, 0.3) is 0 Å². The van der Waals surface area contributed by atoms with Crippen molar-refractivity contribution >= 4 is 0 Å². The number of rotatable bonds is 8. The van der Waals surface area contributed by atoms with Gasteiger partial charge in [0, 0.05) is 12.6 Å². The zero-order chi connectivity index (χ0) is 13.4. The SMILES string of the molecule is CCCOc1ccc(C(CN(C)C)NCC)cc1. The molecule has 1 N–H and O–H groups in total. The van der Waals surface area contributed by atoms with Crippen molar-refractivity contribution in [1.29, 1.82) is 0 Å². The second-order valence-electron chi connectivity index (χ2n) is 4.79. The van der Waals surface area contributed by atoms with Gasteiger partial charge in [-0.3, -0.25) is 0 Å². The van der Waals surface area contributed by atoms with Crippen LogP contribution in [0.2, 0.25) is 0 Å². The van der Waals surface area contributed by atoms with E-state index in [4.69, 9.17) is 4.74 Å². The minimum absolute atomic E-state index is 0.380. The third-order valence-corrected chi connectivity index (χ3v) is 2.75. The van der Waals surface area contributed by atoms with E-state index in [1.165, 1.54) is 5.56 Å². The molecule has 0 aliphatic carbocycles. The minimum atomic E-state index is 0.380. The van der Waals surface area contributed by atoms with Gasteiger partial charge in [0.2, 0.25) is 0 Å². The zero-order valence-electron chi connectivity index (χ0n) is 12.1. The van der Waals surface area contributed by atoms with Gasteiger partial charge in [-0.2, -0.15) is 0 Å². The first kappa shape index (κ1) is 15.0. The van der Waals surface area contributed by atoms with Gasteiger partial charge in [0.15, 0.2) is 0 Å². The van der Waals surface area contributed by atoms with E-state index in [9.17, 15) is 0 Å². The maximum absolute atomic E-state index is 5.60. The largest absolute Gasteiger partial charge is 0.494 e. The molecule has 0 aliphatic heterocycles. The highest BCUT2D eigenvalue weighted by Crippen LogP contribution is 2.18. The molecule has 0 aromatic heterocycles. The van der Waals surface area contributed by atoms with Gasteiger partial charge in [0.1, 0.15) is 5.75 Å². The molecule has 1 aromatic rings. The predicted octanol–water partition coefficient (Wildman–Crippen LogP) is 2.69. The Hall–Kier alpha value is -1.06. The minimum Gasteiger partial charge on any atom is -0.494 e. The Bertz CT molecular complexity index is 322. The molecular weight excluding hydrogens is 224 g/mol. The summed E-state index contributed by atoms with van der Waals surface area (Å²) in [5.74, 6) is 0.959. The van der Waals surface area contributed by atoms with Gasteiger partial charge in [-0.05, 0) is 44.8 Å². The number of likely N-dealkylation sites (N-methyl/N-ethyl adjacent to an activating group) is 2. The summed E-state index contributed by atoms with van der Waals surface area (Å²) in [6.45, 7) is 7.03. The fourth-order valence-electron chi connectivity index (χ4n) is 1.92. The van der Waals surface area contributed by atoms with E-state index >= 15 is 0 Å². The van der Waals surface area contributed by atoms with Crippen LogP contribution in [0.3, 0.4) is 0 Å². The monoisotopic (exact) mass is 250 g/mol. The first-order chi connectivity index (χ1) is 8.67. The maximum atomic E-state index is 5.60. The molecule has 0 saturated heterocycles. The quantitative estimate of drug-likeness (QED) is 0.767. The van der Waals surface area contributed by atoms with Gasteiger partial charge in [-0.25, -0.2) is 0 Å². The van der Waals surface area contributed by atoms with E-state index < -0.39 is 0 Å². The summed E-state index contributed by atoms with van der Waals surface area (Å²) in [4.78, 5) is 2.20. The molecule has 0 aliphatic rings. The van der Waals surface area contributed by atoms with E-state index in [1.54, 1.807) is 0 Å². The Morgan fingerprint density at radius 1 is 1.17 bits per heavy atom. The number of ether oxygens (including phenoxy) is 1. The van der Waals surface area contributed by atoms with Crippen molar-refractivity contribution in [1.82, 2.24) is 10.2 Å². The molecule has 0 amide bonds. The van der Waals surface area contributed by atoms with Crippen LogP contribution in [0.15, 0.2) is 24.3 Å². The van der Waals surface area contributed by atoms with Gasteiger partial charge < -0.3 is 15.0 Å². The van der Waals surface area contributed by atoms with Gasteiger partial charge >= 0.3 is 0 Å². The Morgan fingerprint density at radius 3 is 2.33 bits per heavy atom. The molecule has 3 heteroatoms. The van der Waals surface area contributed by atoms with Crippen LogP contribution >= 0.6 is 0 Å². The van der Waals surface area contributed by atoms with Crippen molar-refractivity contribution in [3.8, 4) is 5.75 Å². The summed E-state index contributed by atoms with van der Waals surface area (Å²) in [5.41, 5.74) is 1.31. The van der Waals surface area contributed by atoms with Crippen LogP contribution in [0.25, 0.3) is 0 Å². The Kier molecular flexibility index (Phi) is 6.76. The van der Waals surface area contributed by atoms with Crippen molar-refractivity contribution in [3.05, 3.63) is 29.8 Å². The van der Waals surface area contributed by atoms with Crippen LogP contribution in [0.1, 0.15) is 31.9 Å². The lowest BCUT2D eigenvalue weighted by molar-refractivity contribution is 0.316. The Labute approximate surface area is 111 Å². The molecule has 3 nitrogen and oxygen atoms in total. The lowest BCUT2D eigenvalue weighted by Gasteiger charge is -2.22. The lowest BCUT2D eigenvalue weighted by atomic mass is 10.1. The average molecular weight is 250 g/mol. The number of hydrogen-bond acceptors (Lipinski definition) is 3. The number of hydrogen-bond donors (Lipinski definition) is 1. The standard InChI is InChI=1S/C15H26N2O/c1-5-11-18-14-9-7-13(8-10-14)15(16-6-2)12-17(3)4/h7-10,15-16H,5-6,11-12H2,1-4H3. The smallest absolute Gasteiger partial charge is 0.119 e. The highest BCUT2D eigenvalue weighted by Gasteiger charge is 2.11. The zero-order valence-corrected chi connectivity index (χ0v) is 12.1. The second kappa shape index (κ2) is 8.11. The average Bonchev–Trinajstić information content (AvgIpc) is 2.36. The molecule has 18 heavy (non-hydrogen) atoms. The van der Waals surface area contributed by atoms with Crippen molar-refractivity contribution in [2.24, 2.45) is 0 Å². The Balaban J connectivity index is 2.67. The van der Waals surface area contributed by atoms with Crippen molar-refractivity contribution < 1.29 is 4.74 Å². The molecular formula is C15H26N2O. The highest BCUT2D eigenvalue weighted by molar-refractivity contribution is 5.29. The summed E-state index contributed by atoms with van der Waals surface area (Å²) in [7, 11) is 4.20. The second-order valence-corrected chi connectivity index (χ2v) is 4.79. The molecule has 1 unspecified atom stereocenters. The molecule has 1 rings (SSSR count). The first-order valence-corrected chi connectivity index (χ1v) is 6.78. The highest BCUT2D eigenvalue weighted by atomic mass is 16.5. The third-order valence-electron chi connectivity index (χ3n) is 2.75. The van der Waals surface area contributed by atoms with E-state index in [0.29, 0.717) is 6.04 Å². The van der Waals surface area contributed by atoms with E-state index in [2.05, 4.69) is 62.4 Å². The van der Waals surface area contributed by atoms with Crippen molar-refractivity contribution in [2.75, 3.05) is 33.8 Å². The van der Waals surface area contributed by atoms with Crippen LogP contribution in [0.4, 0.5) is 0 Å². The van der Waals surface area contributed by atoms with Crippen LogP contribution in [-0.4, -0.2) is 38.7 Å². The van der Waals surface area contributed by atoms with Crippen molar-refractivity contribution in [3.63, 3.8) is 0 Å². The normalized spacial score (nSPS) is 12.7. The van der Waals surface area contributed by atoms with Crippen LogP contribution in [0, 0.1) is 0 Å². The van der Waals surface area contributed by atoms with Gasteiger partial charge in [-0.1, -0.05) is 26.0 Å². The summed E-state index contributed by atoms with van der Waals surface area (Å²) >= 11 is 0. The van der Waals surface area contributed by atoms with Crippen LogP contribution in [0.5, 0.6) is 5.75 Å². The van der Waals surface area contributed by atoms with Crippen LogP contribution in [-0.2, 0) is 0 Å². The molecule has 0 bridgehead atoms. The van der Waals surface area contributed by atoms with Gasteiger partial charge in [-0.15, -0.1) is 0 Å². The molecule has 1 aromatic carbocycles. The topological polar surface area (TPSA) is 24.5 Å². The van der Waals surface area contributed by atoms with E-state index in [0.717, 1.165) is 31.9 Å². The van der Waals surface area contributed by atoms with Crippen molar-refractivity contribution in [2.45, 2.75) is 26.3 Å². The maximum Gasteiger partial charge on any atom is 0.119 e. The molecule has 0 heterocycles. The fourth-order valence-corrected chi connectivity index (χ4v) is 1.92. The fraction of sp³-hybridized carbons (Fsp3) is 0.600. The third kappa shape index (κ3) is 5.07. The summed E-state index contributed by atoms with van der Waals surface area (Å²) in [6, 6.07) is 8.81. The number of benzene rings is 1. The van der Waals surface area contributed by atoms with E-state index in [-0.39, 0.29) is 0 Å². The molecule has 0 saturated carbocycles. The molecule has 0 radical (unpaired) electrons. The van der Waals surface area contributed by atoms with Gasteiger partial charge in [0.05, 0.1) is 6.61 Å². The predicted molar refractivity (Wildman–Crippen MR) is 77.2 cm³/mol. The van der Waals surface area contributed by atoms with E-state index in [1.807, 2.05) is 0 Å². The molecule has 0 fully saturated rings. The summed E-state index contributed by atoms with van der Waals surface area (Å²) in [6.07, 6.45) is 1.04. The number of nitrogens with zero attached hydrogens (tertiary/aromatic N) is 1. The molecule has 1 atom stereocenters. The van der Waals surface area contributed by atoms with Crippen LogP contribution < -0.4 is 10.1 Å².